The highest BCUT2D eigenvalue weighted by Gasteiger charge is 2.27. The molecule has 1 heterocycles. The summed E-state index contributed by atoms with van der Waals surface area (Å²) < 4.78 is 39.2. The number of sulfonamides is 1. The molecule has 0 bridgehead atoms. The Bertz CT molecular complexity index is 756. The van der Waals surface area contributed by atoms with Crippen molar-refractivity contribution in [2.75, 3.05) is 7.05 Å². The van der Waals surface area contributed by atoms with Crippen LogP contribution in [0.25, 0.3) is 0 Å². The SMILES string of the molecule is CN(Cc1cccs1)S(=O)(=O)c1cc(F)ccc1C(=O)O. The van der Waals surface area contributed by atoms with Crippen LogP contribution in [-0.4, -0.2) is 30.8 Å². The molecule has 0 radical (unpaired) electrons. The number of halogens is 1. The van der Waals surface area contributed by atoms with Crippen molar-refractivity contribution in [3.05, 3.63) is 52.0 Å². The first-order valence-corrected chi connectivity index (χ1v) is 8.16. The predicted octanol–water partition coefficient (Wildman–Crippen LogP) is 2.41. The number of benzene rings is 1. The summed E-state index contributed by atoms with van der Waals surface area (Å²) in [5, 5.41) is 10.9. The van der Waals surface area contributed by atoms with Crippen molar-refractivity contribution in [1.82, 2.24) is 4.31 Å². The molecule has 0 amide bonds. The minimum Gasteiger partial charge on any atom is -0.478 e. The van der Waals surface area contributed by atoms with Crippen LogP contribution in [-0.2, 0) is 16.6 Å². The van der Waals surface area contributed by atoms with Gasteiger partial charge in [-0.3, -0.25) is 0 Å². The van der Waals surface area contributed by atoms with Gasteiger partial charge >= 0.3 is 5.97 Å². The molecule has 0 unspecified atom stereocenters. The summed E-state index contributed by atoms with van der Waals surface area (Å²) in [7, 11) is -2.77. The van der Waals surface area contributed by atoms with E-state index < -0.39 is 32.3 Å². The zero-order valence-electron chi connectivity index (χ0n) is 11.0. The predicted molar refractivity (Wildman–Crippen MR) is 76.3 cm³/mol. The van der Waals surface area contributed by atoms with E-state index in [0.29, 0.717) is 0 Å². The van der Waals surface area contributed by atoms with Gasteiger partial charge in [0.1, 0.15) is 5.82 Å². The van der Waals surface area contributed by atoms with Gasteiger partial charge in [0.05, 0.1) is 10.5 Å². The molecule has 0 aliphatic heterocycles. The first-order chi connectivity index (χ1) is 9.82. The first kappa shape index (κ1) is 15.6. The van der Waals surface area contributed by atoms with Gasteiger partial charge in [-0.05, 0) is 29.6 Å². The highest BCUT2D eigenvalue weighted by atomic mass is 32.2. The average molecular weight is 329 g/mol. The summed E-state index contributed by atoms with van der Waals surface area (Å²) in [6.45, 7) is 0.0928. The van der Waals surface area contributed by atoms with Crippen molar-refractivity contribution in [2.45, 2.75) is 11.4 Å². The lowest BCUT2D eigenvalue weighted by molar-refractivity contribution is 0.0692. The second-order valence-corrected chi connectivity index (χ2v) is 7.33. The number of carbonyl (C=O) groups is 1. The Morgan fingerprint density at radius 2 is 2.10 bits per heavy atom. The molecule has 8 heteroatoms. The van der Waals surface area contributed by atoms with Gasteiger partial charge < -0.3 is 5.11 Å². The van der Waals surface area contributed by atoms with Crippen molar-refractivity contribution in [3.8, 4) is 0 Å². The standard InChI is InChI=1S/C13H12FNO4S2/c1-15(8-10-3-2-6-20-10)21(18,19)12-7-9(14)4-5-11(12)13(16)17/h2-7H,8H2,1H3,(H,16,17). The third-order valence-electron chi connectivity index (χ3n) is 2.82. The van der Waals surface area contributed by atoms with Crippen LogP contribution in [0.3, 0.4) is 0 Å². The van der Waals surface area contributed by atoms with E-state index in [1.54, 1.807) is 17.5 Å². The zero-order valence-corrected chi connectivity index (χ0v) is 12.6. The number of nitrogens with zero attached hydrogens (tertiary/aromatic N) is 1. The van der Waals surface area contributed by atoms with Gasteiger partial charge in [0.2, 0.25) is 10.0 Å². The lowest BCUT2D eigenvalue weighted by Crippen LogP contribution is -2.27. The van der Waals surface area contributed by atoms with Gasteiger partial charge in [-0.2, -0.15) is 4.31 Å². The van der Waals surface area contributed by atoms with Crippen LogP contribution in [0.2, 0.25) is 0 Å². The highest BCUT2D eigenvalue weighted by Crippen LogP contribution is 2.23. The van der Waals surface area contributed by atoms with E-state index in [2.05, 4.69) is 0 Å². The van der Waals surface area contributed by atoms with Gasteiger partial charge in [-0.25, -0.2) is 17.6 Å². The molecule has 0 aliphatic carbocycles. The smallest absolute Gasteiger partial charge is 0.337 e. The average Bonchev–Trinajstić information content (AvgIpc) is 2.91. The molecule has 2 rings (SSSR count). The number of carboxylic acid groups (broad SMARTS) is 1. The number of aromatic carboxylic acids is 1. The lowest BCUT2D eigenvalue weighted by Gasteiger charge is -2.17. The van der Waals surface area contributed by atoms with Gasteiger partial charge in [0.15, 0.2) is 0 Å². The Balaban J connectivity index is 2.43. The second-order valence-electron chi connectivity index (χ2n) is 4.29. The van der Waals surface area contributed by atoms with E-state index in [0.717, 1.165) is 27.4 Å². The molecule has 5 nitrogen and oxygen atoms in total. The topological polar surface area (TPSA) is 74.7 Å². The Morgan fingerprint density at radius 1 is 1.38 bits per heavy atom. The minimum absolute atomic E-state index is 0.0928. The van der Waals surface area contributed by atoms with Gasteiger partial charge in [-0.15, -0.1) is 11.3 Å². The second kappa shape index (κ2) is 5.92. The fourth-order valence-electron chi connectivity index (χ4n) is 1.76. The molecule has 0 saturated heterocycles. The van der Waals surface area contributed by atoms with Crippen molar-refractivity contribution >= 4 is 27.3 Å². The number of hydrogen-bond acceptors (Lipinski definition) is 4. The van der Waals surface area contributed by atoms with Crippen molar-refractivity contribution in [3.63, 3.8) is 0 Å². The van der Waals surface area contributed by atoms with Crippen LogP contribution in [0.1, 0.15) is 15.2 Å². The van der Waals surface area contributed by atoms with Crippen molar-refractivity contribution < 1.29 is 22.7 Å². The van der Waals surface area contributed by atoms with Crippen LogP contribution >= 0.6 is 11.3 Å². The minimum atomic E-state index is -4.09. The maximum absolute atomic E-state index is 13.3. The number of hydrogen-bond donors (Lipinski definition) is 1. The number of thiophene rings is 1. The monoisotopic (exact) mass is 329 g/mol. The lowest BCUT2D eigenvalue weighted by atomic mass is 10.2. The summed E-state index contributed by atoms with van der Waals surface area (Å²) >= 11 is 1.38. The quantitative estimate of drug-likeness (QED) is 0.914. The maximum Gasteiger partial charge on any atom is 0.337 e. The van der Waals surface area contributed by atoms with Crippen LogP contribution in [0.15, 0.2) is 40.6 Å². The third-order valence-corrected chi connectivity index (χ3v) is 5.53. The van der Waals surface area contributed by atoms with E-state index in [1.165, 1.54) is 18.4 Å². The number of carboxylic acids is 1. The largest absolute Gasteiger partial charge is 0.478 e. The molecule has 1 aromatic heterocycles. The molecule has 1 N–H and O–H groups in total. The summed E-state index contributed by atoms with van der Waals surface area (Å²) in [5.74, 6) is -2.22. The normalized spacial score (nSPS) is 11.8. The molecule has 0 spiro atoms. The van der Waals surface area contributed by atoms with E-state index in [-0.39, 0.29) is 6.54 Å². The van der Waals surface area contributed by atoms with E-state index in [1.807, 2.05) is 0 Å². The molecule has 0 fully saturated rings. The molecule has 21 heavy (non-hydrogen) atoms. The Hall–Kier alpha value is -1.77. The maximum atomic E-state index is 13.3. The molecule has 112 valence electrons. The van der Waals surface area contributed by atoms with Crippen LogP contribution in [0.4, 0.5) is 4.39 Å². The summed E-state index contributed by atoms with van der Waals surface area (Å²) in [4.78, 5) is 11.4. The molecular weight excluding hydrogens is 317 g/mol. The van der Waals surface area contributed by atoms with Crippen molar-refractivity contribution in [2.24, 2.45) is 0 Å². The summed E-state index contributed by atoms with van der Waals surface area (Å²) in [6, 6.07) is 6.14. The van der Waals surface area contributed by atoms with E-state index in [9.17, 15) is 17.6 Å². The van der Waals surface area contributed by atoms with E-state index >= 15 is 0 Å². The van der Waals surface area contributed by atoms with Crippen LogP contribution in [0, 0.1) is 5.82 Å². The van der Waals surface area contributed by atoms with Gasteiger partial charge in [-0.1, -0.05) is 6.07 Å². The Kier molecular flexibility index (Phi) is 4.40. The molecule has 2 aromatic rings. The molecule has 0 saturated carbocycles. The fourth-order valence-corrected chi connectivity index (χ4v) is 3.94. The van der Waals surface area contributed by atoms with Crippen LogP contribution in [0.5, 0.6) is 0 Å². The summed E-state index contributed by atoms with van der Waals surface area (Å²) in [5.41, 5.74) is -0.450. The van der Waals surface area contributed by atoms with E-state index in [4.69, 9.17) is 5.11 Å². The fraction of sp³-hybridized carbons (Fsp3) is 0.154. The van der Waals surface area contributed by atoms with Gasteiger partial charge in [0.25, 0.3) is 0 Å². The zero-order chi connectivity index (χ0) is 15.6. The highest BCUT2D eigenvalue weighted by molar-refractivity contribution is 7.89. The summed E-state index contributed by atoms with van der Waals surface area (Å²) in [6.07, 6.45) is 0. The third kappa shape index (κ3) is 3.29. The number of rotatable bonds is 5. The van der Waals surface area contributed by atoms with Gasteiger partial charge in [0, 0.05) is 18.5 Å². The Morgan fingerprint density at radius 3 is 2.67 bits per heavy atom. The van der Waals surface area contributed by atoms with Crippen LogP contribution < -0.4 is 0 Å². The molecule has 0 aliphatic rings. The Labute approximate surface area is 125 Å². The molecular formula is C13H12FNO4S2. The molecule has 0 atom stereocenters. The molecule has 1 aromatic carbocycles. The first-order valence-electron chi connectivity index (χ1n) is 5.84. The van der Waals surface area contributed by atoms with Crippen molar-refractivity contribution in [1.29, 1.82) is 0 Å².